The van der Waals surface area contributed by atoms with Gasteiger partial charge in [-0.3, -0.25) is 0 Å². The summed E-state index contributed by atoms with van der Waals surface area (Å²) in [4.78, 5) is 1.73. The van der Waals surface area contributed by atoms with E-state index in [2.05, 4.69) is 85.7 Å². The highest BCUT2D eigenvalue weighted by atomic mass is 16.3. The van der Waals surface area contributed by atoms with E-state index >= 15 is 0 Å². The summed E-state index contributed by atoms with van der Waals surface area (Å²) in [6.45, 7) is 17.5. The molecule has 4 heteroatoms. The second-order valence-electron chi connectivity index (χ2n) is 11.5. The third kappa shape index (κ3) is 4.46. The smallest absolute Gasteiger partial charge is 0.126 e. The van der Waals surface area contributed by atoms with Gasteiger partial charge in [0.15, 0.2) is 0 Å². The van der Waals surface area contributed by atoms with Gasteiger partial charge >= 0.3 is 0 Å². The van der Waals surface area contributed by atoms with E-state index in [0.29, 0.717) is 5.75 Å². The predicted octanol–water partition coefficient (Wildman–Crippen LogP) is 7.90. The Hall–Kier alpha value is -3.14. The van der Waals surface area contributed by atoms with Crippen LogP contribution in [0, 0.1) is 0 Å². The zero-order valence-electron chi connectivity index (χ0n) is 21.8. The van der Waals surface area contributed by atoms with E-state index < -0.39 is 0 Å². The lowest BCUT2D eigenvalue weighted by Gasteiger charge is -2.22. The van der Waals surface area contributed by atoms with Crippen molar-refractivity contribution in [3.8, 4) is 22.6 Å². The van der Waals surface area contributed by atoms with Crippen LogP contribution in [-0.4, -0.2) is 20.1 Å². The summed E-state index contributed by atoms with van der Waals surface area (Å²) in [6.07, 6.45) is 0.967. The Morgan fingerprint density at radius 2 is 1.41 bits per heavy atom. The van der Waals surface area contributed by atoms with Crippen LogP contribution in [0.3, 0.4) is 0 Å². The Labute approximate surface area is 203 Å². The number of phenols is 1. The molecule has 178 valence electrons. The van der Waals surface area contributed by atoms with Gasteiger partial charge < -0.3 is 5.11 Å². The largest absolute Gasteiger partial charge is 0.507 e. The molecule has 1 unspecified atom stereocenters. The molecule has 0 aliphatic rings. The summed E-state index contributed by atoms with van der Waals surface area (Å²) in [5.74, 6) is 0.617. The average molecular weight is 456 g/mol. The summed E-state index contributed by atoms with van der Waals surface area (Å²) in [6, 6.07) is 18.8. The van der Waals surface area contributed by atoms with Crippen molar-refractivity contribution in [3.05, 3.63) is 71.3 Å². The van der Waals surface area contributed by atoms with Crippen LogP contribution in [-0.2, 0) is 10.8 Å². The van der Waals surface area contributed by atoms with Crippen LogP contribution in [0.4, 0.5) is 0 Å². The third-order valence-electron chi connectivity index (χ3n) is 6.83. The molecular formula is C30H37N3O. The minimum absolute atomic E-state index is 0.0279. The Balaban J connectivity index is 1.95. The van der Waals surface area contributed by atoms with Crippen molar-refractivity contribution in [2.24, 2.45) is 0 Å². The van der Waals surface area contributed by atoms with E-state index in [1.165, 1.54) is 11.1 Å². The fourth-order valence-electron chi connectivity index (χ4n) is 4.28. The van der Waals surface area contributed by atoms with Gasteiger partial charge in [0.1, 0.15) is 16.8 Å². The highest BCUT2D eigenvalue weighted by molar-refractivity contribution is 5.80. The topological polar surface area (TPSA) is 50.9 Å². The maximum atomic E-state index is 11.3. The van der Waals surface area contributed by atoms with Gasteiger partial charge in [0.25, 0.3) is 0 Å². The van der Waals surface area contributed by atoms with Crippen molar-refractivity contribution >= 4 is 11.0 Å². The van der Waals surface area contributed by atoms with E-state index in [4.69, 9.17) is 10.2 Å². The highest BCUT2D eigenvalue weighted by Crippen LogP contribution is 2.40. The molecular weight excluding hydrogens is 418 g/mol. The maximum absolute atomic E-state index is 11.3. The van der Waals surface area contributed by atoms with Crippen LogP contribution in [0.5, 0.6) is 5.75 Å². The van der Waals surface area contributed by atoms with Gasteiger partial charge in [-0.2, -0.15) is 0 Å². The van der Waals surface area contributed by atoms with Crippen molar-refractivity contribution < 1.29 is 5.11 Å². The van der Waals surface area contributed by atoms with Crippen molar-refractivity contribution in [2.45, 2.75) is 78.6 Å². The molecule has 0 radical (unpaired) electrons. The van der Waals surface area contributed by atoms with E-state index in [1.54, 1.807) is 4.80 Å². The number of nitrogens with zero attached hydrogens (tertiary/aromatic N) is 3. The number of para-hydroxylation sites is 1. The molecule has 4 nitrogen and oxygen atoms in total. The molecule has 0 amide bonds. The van der Waals surface area contributed by atoms with Gasteiger partial charge in [-0.1, -0.05) is 91.8 Å². The Morgan fingerprint density at radius 3 is 2.06 bits per heavy atom. The number of aromatic nitrogens is 3. The standard InChI is InChI=1S/C30H37N3O/c1-9-19(2)22-11-10-12-24(28(22)34)23-15-13-21(30(6,7)8)18-27(23)33-31-25-16-14-20(29(3,4)5)17-26(25)32-33/h10-19,34H,9H2,1-8H3. The first-order valence-corrected chi connectivity index (χ1v) is 12.2. The molecule has 0 fully saturated rings. The lowest BCUT2D eigenvalue weighted by Crippen LogP contribution is -2.13. The van der Waals surface area contributed by atoms with Gasteiger partial charge in [-0.15, -0.1) is 15.0 Å². The van der Waals surface area contributed by atoms with Gasteiger partial charge in [0, 0.05) is 11.1 Å². The lowest BCUT2D eigenvalue weighted by molar-refractivity contribution is 0.464. The average Bonchev–Trinajstić information content (AvgIpc) is 3.20. The summed E-state index contributed by atoms with van der Waals surface area (Å²) in [5, 5.41) is 21.0. The van der Waals surface area contributed by atoms with Crippen LogP contribution < -0.4 is 0 Å². The van der Waals surface area contributed by atoms with Crippen molar-refractivity contribution in [1.29, 1.82) is 0 Å². The Kier molecular flexibility index (Phi) is 6.05. The van der Waals surface area contributed by atoms with Crippen LogP contribution in [0.1, 0.15) is 84.4 Å². The van der Waals surface area contributed by atoms with Gasteiger partial charge in [0.2, 0.25) is 0 Å². The number of hydrogen-bond donors (Lipinski definition) is 1. The zero-order chi connectivity index (χ0) is 24.8. The number of aromatic hydroxyl groups is 1. The van der Waals surface area contributed by atoms with Crippen LogP contribution >= 0.6 is 0 Å². The summed E-state index contributed by atoms with van der Waals surface area (Å²) < 4.78 is 0. The number of rotatable bonds is 4. The molecule has 0 saturated heterocycles. The lowest BCUT2D eigenvalue weighted by atomic mass is 9.85. The molecule has 1 heterocycles. The van der Waals surface area contributed by atoms with Gasteiger partial charge in [-0.25, -0.2) is 0 Å². The van der Waals surface area contributed by atoms with Gasteiger partial charge in [-0.05, 0) is 58.1 Å². The quantitative estimate of drug-likeness (QED) is 0.340. The van der Waals surface area contributed by atoms with Crippen molar-refractivity contribution in [1.82, 2.24) is 15.0 Å². The fraction of sp³-hybridized carbons (Fsp3) is 0.400. The second-order valence-corrected chi connectivity index (χ2v) is 11.5. The van der Waals surface area contributed by atoms with Crippen LogP contribution in [0.15, 0.2) is 54.6 Å². The molecule has 0 spiro atoms. The zero-order valence-corrected chi connectivity index (χ0v) is 21.8. The van der Waals surface area contributed by atoms with Crippen LogP contribution in [0.25, 0.3) is 27.8 Å². The third-order valence-corrected chi connectivity index (χ3v) is 6.83. The molecule has 1 aromatic heterocycles. The molecule has 1 N–H and O–H groups in total. The van der Waals surface area contributed by atoms with Gasteiger partial charge in [0.05, 0.1) is 5.69 Å². The molecule has 0 bridgehead atoms. The monoisotopic (exact) mass is 455 g/mol. The number of fused-ring (bicyclic) bond motifs is 1. The number of hydrogen-bond acceptors (Lipinski definition) is 3. The van der Waals surface area contributed by atoms with E-state index in [1.807, 2.05) is 24.3 Å². The SMILES string of the molecule is CCC(C)c1cccc(-c2ccc(C(C)(C)C)cc2-n2nc3ccc(C(C)(C)C)cc3n2)c1O. The number of phenolic OH excluding ortho intramolecular Hbond substituents is 1. The fourth-order valence-corrected chi connectivity index (χ4v) is 4.28. The summed E-state index contributed by atoms with van der Waals surface area (Å²) >= 11 is 0. The molecule has 3 aromatic carbocycles. The first kappa shape index (κ1) is 24.0. The van der Waals surface area contributed by atoms with Crippen molar-refractivity contribution in [3.63, 3.8) is 0 Å². The first-order valence-electron chi connectivity index (χ1n) is 12.2. The molecule has 0 aliphatic heterocycles. The van der Waals surface area contributed by atoms with Crippen molar-refractivity contribution in [2.75, 3.05) is 0 Å². The predicted molar refractivity (Wildman–Crippen MR) is 142 cm³/mol. The maximum Gasteiger partial charge on any atom is 0.126 e. The summed E-state index contributed by atoms with van der Waals surface area (Å²) in [7, 11) is 0. The van der Waals surface area contributed by atoms with Crippen LogP contribution in [0.2, 0.25) is 0 Å². The molecule has 0 aliphatic carbocycles. The first-order chi connectivity index (χ1) is 15.9. The molecule has 4 rings (SSSR count). The Morgan fingerprint density at radius 1 is 0.794 bits per heavy atom. The van der Waals surface area contributed by atoms with E-state index in [9.17, 15) is 5.11 Å². The Bertz CT molecular complexity index is 1340. The minimum atomic E-state index is -0.0279. The molecule has 4 aromatic rings. The second kappa shape index (κ2) is 8.57. The number of benzene rings is 3. The van der Waals surface area contributed by atoms with E-state index in [-0.39, 0.29) is 16.7 Å². The minimum Gasteiger partial charge on any atom is -0.507 e. The van der Waals surface area contributed by atoms with E-state index in [0.717, 1.165) is 39.8 Å². The highest BCUT2D eigenvalue weighted by Gasteiger charge is 2.22. The molecule has 34 heavy (non-hydrogen) atoms. The molecule has 1 atom stereocenters. The molecule has 0 saturated carbocycles. The normalized spacial score (nSPS) is 13.4. The summed E-state index contributed by atoms with van der Waals surface area (Å²) in [5.41, 5.74) is 7.75.